The first kappa shape index (κ1) is 29.9. The number of aromatic nitrogens is 4. The number of carbonyl (C=O) groups excluding carboxylic acids is 2. The zero-order valence-corrected chi connectivity index (χ0v) is 21.3. The summed E-state index contributed by atoms with van der Waals surface area (Å²) in [6.45, 7) is 0.181. The Balaban J connectivity index is 1.54. The molecule has 2 atom stereocenters. The van der Waals surface area contributed by atoms with Gasteiger partial charge < -0.3 is 37.0 Å². The second-order valence-electron chi connectivity index (χ2n) is 8.71. The van der Waals surface area contributed by atoms with Crippen LogP contribution >= 0.6 is 0 Å². The molecule has 1 aromatic carbocycles. The van der Waals surface area contributed by atoms with Gasteiger partial charge in [-0.2, -0.15) is 4.98 Å². The van der Waals surface area contributed by atoms with Crippen molar-refractivity contribution in [2.75, 3.05) is 11.1 Å². The van der Waals surface area contributed by atoms with Gasteiger partial charge >= 0.3 is 17.9 Å². The highest BCUT2D eigenvalue weighted by Gasteiger charge is 2.24. The van der Waals surface area contributed by atoms with Gasteiger partial charge in [0.1, 0.15) is 12.1 Å². The van der Waals surface area contributed by atoms with Crippen LogP contribution in [0.1, 0.15) is 41.7 Å². The van der Waals surface area contributed by atoms with Crippen LogP contribution in [-0.4, -0.2) is 77.1 Å². The Morgan fingerprint density at radius 2 is 1.54 bits per heavy atom. The predicted molar refractivity (Wildman–Crippen MR) is 141 cm³/mol. The molecule has 9 N–H and O–H groups in total. The number of nitrogens with one attached hydrogen (secondary N) is 4. The summed E-state index contributed by atoms with van der Waals surface area (Å²) in [4.78, 5) is 84.7. The first-order chi connectivity index (χ1) is 19.4. The number of nitrogens with two attached hydrogens (primary N) is 1. The number of H-pyrrole nitrogens is 1. The highest BCUT2D eigenvalue weighted by Crippen LogP contribution is 2.12. The molecular formula is C24H26N8O9. The summed E-state index contributed by atoms with van der Waals surface area (Å²) < 4.78 is 0. The number of amides is 2. The molecule has 0 radical (unpaired) electrons. The van der Waals surface area contributed by atoms with Crippen LogP contribution in [0.4, 0.5) is 11.6 Å². The van der Waals surface area contributed by atoms with Crippen LogP contribution in [-0.2, 0) is 25.7 Å². The number of hydrogen-bond acceptors (Lipinski definition) is 11. The number of nitrogens with zero attached hydrogens (tertiary/aromatic N) is 3. The van der Waals surface area contributed by atoms with E-state index in [4.69, 9.17) is 15.9 Å². The number of carbonyl (C=O) groups is 5. The molecule has 41 heavy (non-hydrogen) atoms. The van der Waals surface area contributed by atoms with Crippen molar-refractivity contribution in [1.29, 1.82) is 0 Å². The van der Waals surface area contributed by atoms with E-state index in [2.05, 4.69) is 35.9 Å². The molecule has 17 nitrogen and oxygen atoms in total. The van der Waals surface area contributed by atoms with Crippen molar-refractivity contribution in [3.63, 3.8) is 0 Å². The van der Waals surface area contributed by atoms with E-state index in [1.807, 2.05) is 0 Å². The van der Waals surface area contributed by atoms with Crippen molar-refractivity contribution in [2.24, 2.45) is 0 Å². The van der Waals surface area contributed by atoms with Crippen molar-refractivity contribution < 1.29 is 39.3 Å². The maximum atomic E-state index is 12.6. The SMILES string of the molecule is Nc1nc2ncc(CNc3ccc(C(=O)N[C@@H](CCC(=O)N[C@@H](CCC(=O)O)C(=O)O)C(=O)O)cc3)nc2c(=O)[nH]1. The number of aromatic amines is 1. The third kappa shape index (κ3) is 8.70. The maximum absolute atomic E-state index is 12.6. The number of rotatable bonds is 14. The van der Waals surface area contributed by atoms with Crippen LogP contribution in [0.25, 0.3) is 11.2 Å². The number of carboxylic acids is 3. The molecule has 2 heterocycles. The predicted octanol–water partition coefficient (Wildman–Crippen LogP) is -0.695. The molecule has 0 saturated carbocycles. The van der Waals surface area contributed by atoms with Gasteiger partial charge in [0.25, 0.3) is 11.5 Å². The second-order valence-corrected chi connectivity index (χ2v) is 8.71. The lowest BCUT2D eigenvalue weighted by Gasteiger charge is -2.16. The number of nitrogen functional groups attached to an aromatic ring is 1. The van der Waals surface area contributed by atoms with Gasteiger partial charge in [-0.15, -0.1) is 0 Å². The molecule has 0 aliphatic carbocycles. The third-order valence-corrected chi connectivity index (χ3v) is 5.65. The molecule has 0 aliphatic heterocycles. The summed E-state index contributed by atoms with van der Waals surface area (Å²) in [5.74, 6) is -5.67. The van der Waals surface area contributed by atoms with E-state index in [0.717, 1.165) is 0 Å². The van der Waals surface area contributed by atoms with Crippen LogP contribution in [0.15, 0.2) is 35.3 Å². The zero-order chi connectivity index (χ0) is 30.1. The number of fused-ring (bicyclic) bond motifs is 1. The average Bonchev–Trinajstić information content (AvgIpc) is 2.91. The van der Waals surface area contributed by atoms with Gasteiger partial charge in [0.2, 0.25) is 11.9 Å². The van der Waals surface area contributed by atoms with Crippen LogP contribution in [0.2, 0.25) is 0 Å². The van der Waals surface area contributed by atoms with Crippen molar-refractivity contribution in [3.8, 4) is 0 Å². The molecule has 0 spiro atoms. The summed E-state index contributed by atoms with van der Waals surface area (Å²) in [6.07, 6.45) is -0.165. The molecule has 2 amide bonds. The van der Waals surface area contributed by atoms with E-state index in [1.165, 1.54) is 18.3 Å². The van der Waals surface area contributed by atoms with Crippen LogP contribution in [0.3, 0.4) is 0 Å². The van der Waals surface area contributed by atoms with Gasteiger partial charge in [-0.25, -0.2) is 19.6 Å². The Labute approximate surface area is 230 Å². The Kier molecular flexibility index (Phi) is 9.82. The van der Waals surface area contributed by atoms with E-state index in [1.54, 1.807) is 12.1 Å². The van der Waals surface area contributed by atoms with Gasteiger partial charge in [-0.05, 0) is 37.1 Å². The van der Waals surface area contributed by atoms with Crippen LogP contribution in [0, 0.1) is 0 Å². The van der Waals surface area contributed by atoms with E-state index < -0.39 is 60.2 Å². The normalized spacial score (nSPS) is 12.2. The third-order valence-electron chi connectivity index (χ3n) is 5.65. The molecule has 216 valence electrons. The van der Waals surface area contributed by atoms with E-state index in [9.17, 15) is 33.9 Å². The lowest BCUT2D eigenvalue weighted by molar-refractivity contribution is -0.143. The standard InChI is InChI=1S/C24H26N8O9/c25-24-31-19-18(21(37)32-24)28-13(10-27-19)9-26-12-3-1-11(2-4-12)20(36)30-15(23(40)41)5-7-16(33)29-14(22(38)39)6-8-17(34)35/h1-4,10,14-15,26H,5-9H2,(H,29,33)(H,30,36)(H,34,35)(H,38,39)(H,40,41)(H3,25,27,31,32,37)/t14-,15-/m0/s1. The molecule has 17 heteroatoms. The highest BCUT2D eigenvalue weighted by atomic mass is 16.4. The Morgan fingerprint density at radius 3 is 2.17 bits per heavy atom. The van der Waals surface area contributed by atoms with Crippen molar-refractivity contribution in [2.45, 2.75) is 44.3 Å². The molecule has 0 bridgehead atoms. The van der Waals surface area contributed by atoms with Gasteiger partial charge in [0.05, 0.1) is 18.4 Å². The van der Waals surface area contributed by atoms with Gasteiger partial charge in [0.15, 0.2) is 11.2 Å². The van der Waals surface area contributed by atoms with Crippen molar-refractivity contribution >= 4 is 52.5 Å². The topological polar surface area (TPSA) is 280 Å². The molecule has 0 unspecified atom stereocenters. The molecule has 2 aromatic heterocycles. The zero-order valence-electron chi connectivity index (χ0n) is 21.3. The Hall–Kier alpha value is -5.61. The number of hydrogen-bond donors (Lipinski definition) is 8. The van der Waals surface area contributed by atoms with Gasteiger partial charge in [-0.1, -0.05) is 0 Å². The number of benzene rings is 1. The minimum absolute atomic E-state index is 0.0240. The molecule has 0 saturated heterocycles. The fraction of sp³-hybridized carbons (Fsp3) is 0.292. The van der Waals surface area contributed by atoms with Crippen LogP contribution < -0.4 is 27.2 Å². The average molecular weight is 571 g/mol. The quantitative estimate of drug-likeness (QED) is 0.119. The van der Waals surface area contributed by atoms with Crippen molar-refractivity contribution in [3.05, 3.63) is 52.1 Å². The van der Waals surface area contributed by atoms with E-state index in [0.29, 0.717) is 11.4 Å². The first-order valence-corrected chi connectivity index (χ1v) is 12.1. The summed E-state index contributed by atoms with van der Waals surface area (Å²) in [6, 6.07) is 3.10. The van der Waals surface area contributed by atoms with Gasteiger partial charge in [-0.3, -0.25) is 24.2 Å². The van der Waals surface area contributed by atoms with E-state index in [-0.39, 0.29) is 42.1 Å². The molecule has 3 aromatic rings. The number of anilines is 2. The summed E-state index contributed by atoms with van der Waals surface area (Å²) in [5, 5.41) is 34.8. The summed E-state index contributed by atoms with van der Waals surface area (Å²) in [7, 11) is 0. The minimum atomic E-state index is -1.45. The first-order valence-electron chi connectivity index (χ1n) is 12.1. The molecular weight excluding hydrogens is 544 g/mol. The highest BCUT2D eigenvalue weighted by molar-refractivity contribution is 5.97. The molecule has 3 rings (SSSR count). The second kappa shape index (κ2) is 13.5. The number of carboxylic acid groups (broad SMARTS) is 3. The van der Waals surface area contributed by atoms with Crippen LogP contribution in [0.5, 0.6) is 0 Å². The maximum Gasteiger partial charge on any atom is 0.326 e. The Morgan fingerprint density at radius 1 is 0.902 bits per heavy atom. The smallest absolute Gasteiger partial charge is 0.326 e. The lowest BCUT2D eigenvalue weighted by atomic mass is 10.1. The van der Waals surface area contributed by atoms with E-state index >= 15 is 0 Å². The minimum Gasteiger partial charge on any atom is -0.481 e. The van der Waals surface area contributed by atoms with Crippen molar-refractivity contribution in [1.82, 2.24) is 30.6 Å². The monoisotopic (exact) mass is 570 g/mol. The van der Waals surface area contributed by atoms with Gasteiger partial charge in [0, 0.05) is 24.1 Å². The largest absolute Gasteiger partial charge is 0.481 e. The molecule has 0 fully saturated rings. The lowest BCUT2D eigenvalue weighted by Crippen LogP contribution is -2.44. The summed E-state index contributed by atoms with van der Waals surface area (Å²) in [5.41, 5.74) is 6.23. The summed E-state index contributed by atoms with van der Waals surface area (Å²) >= 11 is 0. The Bertz CT molecular complexity index is 1520. The fourth-order valence-electron chi connectivity index (χ4n) is 3.55. The molecule has 0 aliphatic rings. The fourth-order valence-corrected chi connectivity index (χ4v) is 3.55. The number of aliphatic carboxylic acids is 3.